The summed E-state index contributed by atoms with van der Waals surface area (Å²) in [5, 5.41) is 15.9. The Kier molecular flexibility index (Phi) is 1.62. The van der Waals surface area contributed by atoms with Crippen molar-refractivity contribution in [3.05, 3.63) is 29.8 Å². The Morgan fingerprint density at radius 2 is 2.50 bits per heavy atom. The summed E-state index contributed by atoms with van der Waals surface area (Å²) in [4.78, 5) is 0.171. The summed E-state index contributed by atoms with van der Waals surface area (Å²) in [5.41, 5.74) is -2.60. The molecule has 1 aromatic carbocycles. The Hall–Kier alpha value is -1.06. The summed E-state index contributed by atoms with van der Waals surface area (Å²) >= 11 is 0. The van der Waals surface area contributed by atoms with Crippen LogP contribution in [0.1, 0.15) is 43.5 Å². The maximum atomic E-state index is 11.5. The van der Waals surface area contributed by atoms with Gasteiger partial charge in [-0.2, -0.15) is 0 Å². The molecule has 0 heterocycles. The Balaban J connectivity index is 2.64. The van der Waals surface area contributed by atoms with E-state index < -0.39 is 38.4 Å². The largest absolute Gasteiger partial charge is 0.508 e. The summed E-state index contributed by atoms with van der Waals surface area (Å²) in [6.07, 6.45) is -2.39. The van der Waals surface area contributed by atoms with E-state index in [9.17, 15) is 5.11 Å². The van der Waals surface area contributed by atoms with E-state index in [0.29, 0.717) is 0 Å². The van der Waals surface area contributed by atoms with E-state index in [1.165, 1.54) is 24.3 Å². The van der Waals surface area contributed by atoms with Gasteiger partial charge in [-0.05, 0) is 44.4 Å². The molecule has 18 heavy (non-hydrogen) atoms. The smallest absolute Gasteiger partial charge is 0.293 e. The molecule has 3 nitrogen and oxygen atoms in total. The fourth-order valence-corrected chi connectivity index (χ4v) is 2.29. The molecule has 0 saturated heterocycles. The minimum Gasteiger partial charge on any atom is -0.508 e. The third kappa shape index (κ3) is 2.68. The van der Waals surface area contributed by atoms with E-state index in [1.54, 1.807) is 0 Å². The lowest BCUT2D eigenvalue weighted by atomic mass is 9.71. The van der Waals surface area contributed by atoms with E-state index in [4.69, 9.17) is 13.8 Å². The molecule has 100 valence electrons. The van der Waals surface area contributed by atoms with Crippen LogP contribution in [-0.2, 0) is 5.60 Å². The van der Waals surface area contributed by atoms with Gasteiger partial charge in [-0.1, -0.05) is 25.0 Å². The van der Waals surface area contributed by atoms with Crippen molar-refractivity contribution in [3.8, 4) is 5.75 Å². The SMILES string of the molecule is [2H]Oc1cccc([C@]2(O)C([2H])([2H])CCC[C@@]2([2H])CN(C([2H])([2H])[2H])C([2H])([2H])[2H])c1. The van der Waals surface area contributed by atoms with Crippen molar-refractivity contribution >= 4 is 0 Å². The van der Waals surface area contributed by atoms with Crippen molar-refractivity contribution < 1.29 is 22.6 Å². The molecule has 1 fully saturated rings. The maximum absolute atomic E-state index is 11.5. The Morgan fingerprint density at radius 1 is 1.61 bits per heavy atom. The van der Waals surface area contributed by atoms with E-state index in [2.05, 4.69) is 5.11 Å². The van der Waals surface area contributed by atoms with E-state index in [0.717, 1.165) is 0 Å². The lowest BCUT2D eigenvalue weighted by Crippen LogP contribution is -2.43. The van der Waals surface area contributed by atoms with Gasteiger partial charge in [0.15, 0.2) is 0 Å². The number of hydrogen-bond donors (Lipinski definition) is 2. The zero-order valence-electron chi connectivity index (χ0n) is 19.9. The second kappa shape index (κ2) is 5.29. The third-order valence-corrected chi connectivity index (χ3v) is 3.15. The standard InChI is InChI=1S/C15H23NO2/c1-16(2)11-13-6-3-4-9-15(13,18)12-7-5-8-14(17)10-12/h5,7-8,10,13,17-18H,3-4,6,9,11H2,1-2H3/t13-,15+/m0/s1/i1D3,2D3,9D2,13D/hD. The molecule has 1 saturated carbocycles. The molecule has 1 aliphatic carbocycles. The Bertz CT molecular complexity index is 693. The number of aromatic hydroxyl groups is 1. The molecule has 0 aromatic heterocycles. The lowest BCUT2D eigenvalue weighted by molar-refractivity contribution is -0.0619. The van der Waals surface area contributed by atoms with Crippen LogP contribution in [0, 0.1) is 5.89 Å². The van der Waals surface area contributed by atoms with Crippen LogP contribution in [-0.4, -0.2) is 37.0 Å². The van der Waals surface area contributed by atoms with Crippen molar-refractivity contribution in [2.45, 2.75) is 31.2 Å². The van der Waals surface area contributed by atoms with Crippen LogP contribution in [0.15, 0.2) is 24.3 Å². The van der Waals surface area contributed by atoms with Crippen molar-refractivity contribution in [2.24, 2.45) is 5.89 Å². The molecule has 2 rings (SSSR count). The molecule has 3 heteroatoms. The zero-order chi connectivity index (χ0) is 21.6. The second-order valence-electron chi connectivity index (χ2n) is 4.46. The number of hydrogen-bond acceptors (Lipinski definition) is 3. The van der Waals surface area contributed by atoms with Crippen LogP contribution >= 0.6 is 0 Å². The predicted molar refractivity (Wildman–Crippen MR) is 72.5 cm³/mol. The van der Waals surface area contributed by atoms with Gasteiger partial charge in [-0.3, -0.25) is 0 Å². The number of nitrogens with zero attached hydrogens (tertiary/aromatic N) is 1. The van der Waals surface area contributed by atoms with Crippen molar-refractivity contribution in [1.29, 1.82) is 1.43 Å². The number of rotatable bonds is 4. The van der Waals surface area contributed by atoms with Crippen molar-refractivity contribution in [1.82, 2.24) is 4.90 Å². The highest BCUT2D eigenvalue weighted by Gasteiger charge is 2.40. The highest BCUT2D eigenvalue weighted by Crippen LogP contribution is 2.42. The number of benzene rings is 1. The number of aliphatic hydroxyl groups is 1. The van der Waals surface area contributed by atoms with Crippen molar-refractivity contribution in [2.75, 3.05) is 20.5 Å². The molecule has 1 aliphatic rings. The lowest BCUT2D eigenvalue weighted by Gasteiger charge is -2.41. The molecule has 0 radical (unpaired) electrons. The molecule has 2 N–H and O–H groups in total. The fourth-order valence-electron chi connectivity index (χ4n) is 2.29. The Labute approximate surface area is 123 Å². The molecule has 1 aromatic rings. The van der Waals surface area contributed by atoms with E-state index in [1.807, 2.05) is 0 Å². The van der Waals surface area contributed by atoms with Crippen LogP contribution in [0.25, 0.3) is 0 Å². The molecule has 0 amide bonds. The van der Waals surface area contributed by atoms with Crippen LogP contribution in [0.4, 0.5) is 0 Å². The maximum Gasteiger partial charge on any atom is 0.293 e. The monoisotopic (exact) mass is 259 g/mol. The minimum atomic E-state index is -3.07. The first-order chi connectivity index (χ1) is 12.6. The summed E-state index contributed by atoms with van der Waals surface area (Å²) in [6, 6.07) is 5.37. The van der Waals surface area contributed by atoms with Gasteiger partial charge >= 0.3 is 0 Å². The molecule has 2 atom stereocenters. The highest BCUT2D eigenvalue weighted by molar-refractivity contribution is 5.32. The quantitative estimate of drug-likeness (QED) is 0.872. The van der Waals surface area contributed by atoms with Gasteiger partial charge in [0.2, 0.25) is 0 Å². The predicted octanol–water partition coefficient (Wildman–Crippen LogP) is 2.33. The van der Waals surface area contributed by atoms with E-state index >= 15 is 0 Å². The topological polar surface area (TPSA) is 43.7 Å². The number of phenolic OH excluding ortho intramolecular Hbond substituents is 1. The first-order valence-corrected chi connectivity index (χ1v) is 5.82. The van der Waals surface area contributed by atoms with Crippen LogP contribution in [0.3, 0.4) is 0 Å². The van der Waals surface area contributed by atoms with Gasteiger partial charge in [0.05, 0.1) is 5.60 Å². The minimum absolute atomic E-state index is 0.00172. The Morgan fingerprint density at radius 3 is 3.28 bits per heavy atom. The van der Waals surface area contributed by atoms with Gasteiger partial charge in [0.25, 0.3) is 1.43 Å². The first kappa shape index (κ1) is 5.51. The van der Waals surface area contributed by atoms with Gasteiger partial charge in [-0.15, -0.1) is 0 Å². The van der Waals surface area contributed by atoms with Crippen LogP contribution < -0.4 is 0 Å². The summed E-state index contributed by atoms with van der Waals surface area (Å²) in [7, 11) is 0. The van der Waals surface area contributed by atoms with Gasteiger partial charge in [-0.25, -0.2) is 0 Å². The molecular formula is C15H23NO2. The van der Waals surface area contributed by atoms with Gasteiger partial charge < -0.3 is 15.1 Å². The van der Waals surface area contributed by atoms with Gasteiger partial charge in [0, 0.05) is 24.8 Å². The van der Waals surface area contributed by atoms with Crippen LogP contribution in [0.2, 0.25) is 0 Å². The van der Waals surface area contributed by atoms with Gasteiger partial charge in [0.1, 0.15) is 5.75 Å². The molecular weight excluding hydrogens is 226 g/mol. The summed E-state index contributed by atoms with van der Waals surface area (Å²) < 4.78 is 77.9. The molecule has 0 bridgehead atoms. The first-order valence-electron chi connectivity index (χ1n) is 10.7. The summed E-state index contributed by atoms with van der Waals surface area (Å²) in [5.74, 6) is -2.18. The molecule has 0 aliphatic heterocycles. The van der Waals surface area contributed by atoms with Crippen LogP contribution in [0.5, 0.6) is 5.75 Å². The second-order valence-corrected chi connectivity index (χ2v) is 4.46. The average molecular weight is 259 g/mol. The molecule has 0 spiro atoms. The van der Waals surface area contributed by atoms with Crippen molar-refractivity contribution in [3.63, 3.8) is 0 Å². The average Bonchev–Trinajstić information content (AvgIpc) is 2.55. The number of phenols is 1. The molecule has 0 unspecified atom stereocenters. The third-order valence-electron chi connectivity index (χ3n) is 3.15. The highest BCUT2D eigenvalue weighted by atomic mass is 16.3. The normalized spacial score (nSPS) is 44.8. The fraction of sp³-hybridized carbons (Fsp3) is 0.600. The summed E-state index contributed by atoms with van der Waals surface area (Å²) in [6.45, 7) is -7.05. The zero-order valence-corrected chi connectivity index (χ0v) is 9.94. The van der Waals surface area contributed by atoms with E-state index in [-0.39, 0.29) is 35.5 Å².